The van der Waals surface area contributed by atoms with Gasteiger partial charge in [-0.1, -0.05) is 24.1 Å². The van der Waals surface area contributed by atoms with Gasteiger partial charge in [0, 0.05) is 37.2 Å². The number of hydrogen-bond acceptors (Lipinski definition) is 5. The molecule has 0 saturated carbocycles. The SMILES string of the molecule is O=C(O)[C@@H]1CN(CC2Cc3ccc(Cl)cc3CN2)CC1CCCB(O)O. The molecule has 1 aromatic rings. The van der Waals surface area contributed by atoms with Crippen LogP contribution >= 0.6 is 11.6 Å². The van der Waals surface area contributed by atoms with Crippen LogP contribution in [-0.2, 0) is 17.8 Å². The van der Waals surface area contributed by atoms with Gasteiger partial charge in [-0.2, -0.15) is 0 Å². The van der Waals surface area contributed by atoms with E-state index in [0.29, 0.717) is 31.7 Å². The van der Waals surface area contributed by atoms with Crippen molar-refractivity contribution in [3.05, 3.63) is 34.3 Å². The fourth-order valence-corrected chi connectivity index (χ4v) is 4.43. The van der Waals surface area contributed by atoms with Crippen molar-refractivity contribution in [1.82, 2.24) is 10.2 Å². The standard InChI is InChI=1S/C18H26BClN2O4/c20-15-4-3-12-7-16(21-8-14(12)6-15)10-22-9-13(2-1-5-19(25)26)17(11-22)18(23)24/h3-4,6,13,16-17,21,25-26H,1-2,5,7-11H2,(H,23,24)/t13?,16?,17-/m1/s1. The Bertz CT molecular complexity index is 646. The van der Waals surface area contributed by atoms with Gasteiger partial charge < -0.3 is 25.4 Å². The number of halogens is 1. The van der Waals surface area contributed by atoms with Gasteiger partial charge in [0.05, 0.1) is 5.92 Å². The topological polar surface area (TPSA) is 93.0 Å². The van der Waals surface area contributed by atoms with Crippen LogP contribution in [0.5, 0.6) is 0 Å². The Hall–Kier alpha value is -1.12. The lowest BCUT2D eigenvalue weighted by molar-refractivity contribution is -0.142. The molecular weight excluding hydrogens is 354 g/mol. The van der Waals surface area contributed by atoms with Crippen LogP contribution in [0.15, 0.2) is 18.2 Å². The molecule has 4 N–H and O–H groups in total. The summed E-state index contributed by atoms with van der Waals surface area (Å²) < 4.78 is 0. The Kier molecular flexibility index (Phi) is 6.58. The lowest BCUT2D eigenvalue weighted by atomic mass is 9.80. The maximum absolute atomic E-state index is 11.6. The monoisotopic (exact) mass is 380 g/mol. The quantitative estimate of drug-likeness (QED) is 0.532. The number of hydrogen-bond donors (Lipinski definition) is 4. The van der Waals surface area contributed by atoms with E-state index in [1.807, 2.05) is 12.1 Å². The van der Waals surface area contributed by atoms with Crippen molar-refractivity contribution in [3.63, 3.8) is 0 Å². The van der Waals surface area contributed by atoms with Crippen molar-refractivity contribution in [3.8, 4) is 0 Å². The van der Waals surface area contributed by atoms with Crippen LogP contribution in [0.1, 0.15) is 24.0 Å². The Morgan fingerprint density at radius 1 is 1.31 bits per heavy atom. The average molecular weight is 381 g/mol. The number of aliphatic carboxylic acids is 1. The maximum Gasteiger partial charge on any atom is 0.451 e. The summed E-state index contributed by atoms with van der Waals surface area (Å²) >= 11 is 6.05. The van der Waals surface area contributed by atoms with Crippen molar-refractivity contribution >= 4 is 24.7 Å². The van der Waals surface area contributed by atoms with Gasteiger partial charge in [-0.15, -0.1) is 0 Å². The molecule has 142 valence electrons. The summed E-state index contributed by atoms with van der Waals surface area (Å²) in [6.07, 6.45) is 2.56. The van der Waals surface area contributed by atoms with Crippen LogP contribution in [0.3, 0.4) is 0 Å². The smallest absolute Gasteiger partial charge is 0.451 e. The minimum atomic E-state index is -1.31. The molecule has 0 aliphatic carbocycles. The molecule has 1 fully saturated rings. The first-order valence-corrected chi connectivity index (χ1v) is 9.62. The molecule has 0 bridgehead atoms. The Balaban J connectivity index is 1.55. The van der Waals surface area contributed by atoms with E-state index in [4.69, 9.17) is 21.6 Å². The Morgan fingerprint density at radius 3 is 2.85 bits per heavy atom. The lowest BCUT2D eigenvalue weighted by Crippen LogP contribution is -2.44. The number of carbonyl (C=O) groups is 1. The third kappa shape index (κ3) is 4.99. The summed E-state index contributed by atoms with van der Waals surface area (Å²) in [6, 6.07) is 6.31. The molecule has 26 heavy (non-hydrogen) atoms. The third-order valence-corrected chi connectivity index (χ3v) is 5.80. The van der Waals surface area contributed by atoms with Crippen LogP contribution in [0.4, 0.5) is 0 Å². The minimum Gasteiger partial charge on any atom is -0.481 e. The largest absolute Gasteiger partial charge is 0.481 e. The van der Waals surface area contributed by atoms with Gasteiger partial charge in [0.1, 0.15) is 0 Å². The highest BCUT2D eigenvalue weighted by Gasteiger charge is 2.38. The van der Waals surface area contributed by atoms with E-state index in [-0.39, 0.29) is 11.8 Å². The van der Waals surface area contributed by atoms with Crippen molar-refractivity contribution < 1.29 is 19.9 Å². The van der Waals surface area contributed by atoms with Gasteiger partial charge in [0.15, 0.2) is 0 Å². The molecule has 2 unspecified atom stereocenters. The number of rotatable bonds is 7. The average Bonchev–Trinajstić information content (AvgIpc) is 2.97. The maximum atomic E-state index is 11.6. The normalized spacial score (nSPS) is 25.9. The number of nitrogens with zero attached hydrogens (tertiary/aromatic N) is 1. The van der Waals surface area contributed by atoms with E-state index in [0.717, 1.165) is 31.1 Å². The predicted molar refractivity (Wildman–Crippen MR) is 101 cm³/mol. The first-order chi connectivity index (χ1) is 12.4. The van der Waals surface area contributed by atoms with Crippen LogP contribution in [0.2, 0.25) is 11.3 Å². The lowest BCUT2D eigenvalue weighted by Gasteiger charge is -2.30. The van der Waals surface area contributed by atoms with Crippen LogP contribution in [-0.4, -0.2) is 58.8 Å². The highest BCUT2D eigenvalue weighted by molar-refractivity contribution is 6.40. The Morgan fingerprint density at radius 2 is 2.12 bits per heavy atom. The van der Waals surface area contributed by atoms with E-state index >= 15 is 0 Å². The summed E-state index contributed by atoms with van der Waals surface area (Å²) in [6.45, 7) is 2.93. The molecule has 0 radical (unpaired) electrons. The van der Waals surface area contributed by atoms with Gasteiger partial charge in [-0.25, -0.2) is 0 Å². The highest BCUT2D eigenvalue weighted by atomic mass is 35.5. The zero-order valence-corrected chi connectivity index (χ0v) is 15.5. The molecule has 8 heteroatoms. The van der Waals surface area contributed by atoms with Gasteiger partial charge >= 0.3 is 13.1 Å². The molecule has 1 aromatic carbocycles. The molecule has 6 nitrogen and oxygen atoms in total. The van der Waals surface area contributed by atoms with E-state index in [1.165, 1.54) is 11.1 Å². The second-order valence-corrected chi connectivity index (χ2v) is 7.97. The van der Waals surface area contributed by atoms with Gasteiger partial charge in [-0.3, -0.25) is 4.79 Å². The summed E-state index contributed by atoms with van der Waals surface area (Å²) in [5.74, 6) is -1.06. The predicted octanol–water partition coefficient (Wildman–Crippen LogP) is 1.24. The summed E-state index contributed by atoms with van der Waals surface area (Å²) in [7, 11) is -1.31. The Labute approximate surface area is 159 Å². The van der Waals surface area contributed by atoms with E-state index < -0.39 is 13.1 Å². The number of nitrogens with one attached hydrogen (secondary N) is 1. The first-order valence-electron chi connectivity index (χ1n) is 9.24. The summed E-state index contributed by atoms with van der Waals surface area (Å²) in [4.78, 5) is 13.8. The molecule has 2 aliphatic heterocycles. The summed E-state index contributed by atoms with van der Waals surface area (Å²) in [5.41, 5.74) is 2.54. The third-order valence-electron chi connectivity index (χ3n) is 5.57. The van der Waals surface area contributed by atoms with E-state index in [9.17, 15) is 9.90 Å². The molecule has 2 heterocycles. The van der Waals surface area contributed by atoms with Crippen molar-refractivity contribution in [2.45, 2.75) is 38.2 Å². The molecule has 3 atom stereocenters. The number of benzene rings is 1. The highest BCUT2D eigenvalue weighted by Crippen LogP contribution is 2.29. The molecule has 0 aromatic heterocycles. The van der Waals surface area contributed by atoms with E-state index in [2.05, 4.69) is 16.3 Å². The van der Waals surface area contributed by atoms with Gasteiger partial charge in [-0.05, 0) is 48.3 Å². The molecular formula is C18H26BClN2O4. The van der Waals surface area contributed by atoms with Gasteiger partial charge in [0.2, 0.25) is 0 Å². The molecule has 0 spiro atoms. The minimum absolute atomic E-state index is 0.0703. The summed E-state index contributed by atoms with van der Waals surface area (Å²) in [5, 5.41) is 31.8. The number of carboxylic acids is 1. The van der Waals surface area contributed by atoms with Crippen molar-refractivity contribution in [2.75, 3.05) is 19.6 Å². The van der Waals surface area contributed by atoms with Crippen molar-refractivity contribution in [2.24, 2.45) is 11.8 Å². The first kappa shape index (κ1) is 19.6. The van der Waals surface area contributed by atoms with Crippen LogP contribution < -0.4 is 5.32 Å². The fourth-order valence-electron chi connectivity index (χ4n) is 4.24. The van der Waals surface area contributed by atoms with Crippen LogP contribution in [0, 0.1) is 11.8 Å². The number of fused-ring (bicyclic) bond motifs is 1. The fraction of sp³-hybridized carbons (Fsp3) is 0.611. The molecule has 0 amide bonds. The molecule has 2 aliphatic rings. The molecule has 1 saturated heterocycles. The number of likely N-dealkylation sites (tertiary alicyclic amines) is 1. The molecule has 3 rings (SSSR count). The second-order valence-electron chi connectivity index (χ2n) is 7.53. The second kappa shape index (κ2) is 8.72. The van der Waals surface area contributed by atoms with E-state index in [1.54, 1.807) is 0 Å². The van der Waals surface area contributed by atoms with Gasteiger partial charge in [0.25, 0.3) is 0 Å². The number of carboxylic acid groups (broad SMARTS) is 1. The van der Waals surface area contributed by atoms with Crippen LogP contribution in [0.25, 0.3) is 0 Å². The van der Waals surface area contributed by atoms with Crippen molar-refractivity contribution in [1.29, 1.82) is 0 Å². The zero-order valence-electron chi connectivity index (χ0n) is 14.8. The zero-order chi connectivity index (χ0) is 18.7.